The van der Waals surface area contributed by atoms with Crippen molar-refractivity contribution in [3.8, 4) is 0 Å². The van der Waals surface area contributed by atoms with Gasteiger partial charge in [0.1, 0.15) is 25.3 Å². The number of benzene rings is 16. The van der Waals surface area contributed by atoms with E-state index in [2.05, 4.69) is 214 Å². The Morgan fingerprint density at radius 2 is 0.455 bits per heavy atom. The van der Waals surface area contributed by atoms with E-state index in [1.807, 2.05) is 267 Å². The summed E-state index contributed by atoms with van der Waals surface area (Å²) in [6.07, 6.45) is 13.1. The van der Waals surface area contributed by atoms with E-state index < -0.39 is 0 Å². The summed E-state index contributed by atoms with van der Waals surface area (Å²) >= 11 is 19.0. The van der Waals surface area contributed by atoms with Crippen LogP contribution in [0.15, 0.2) is 417 Å². The lowest BCUT2D eigenvalue weighted by Gasteiger charge is -2.15. The second-order valence-corrected chi connectivity index (χ2v) is 35.4. The van der Waals surface area contributed by atoms with Gasteiger partial charge >= 0.3 is 0 Å². The number of nitrogens with zero attached hydrogens (tertiary/aromatic N) is 18. The van der Waals surface area contributed by atoms with Crippen LogP contribution in [0.5, 0.6) is 0 Å². The molecule has 0 atom stereocenters. The molecule has 0 saturated carbocycles. The standard InChI is InChI=1S/C24H16Br2N4.C24H16Cl2N4.C24H18N4.C23H18N6.C16H12N10/c2*25-17-5-9-19(10-6-17)27-23-24(28-20-11-7-18(26)8-12-20)30-22-14-16-4-2-1-3-15(16)13-21(22)29-23;1-3-11-19(12-4-1)25-23-24(26-20-13-5-2-6-14-20)28-22-16-18-10-8-7-9-17(18)15-21(22)27-23;1-15-19-9-3-2-6-16(19)12-20-21(15)29-23(27-18-8-5-11-25-14-18)22(28-20)26-17-7-4-10-24-13-17;1-2-4-12-6-14-13(5-11(12)3-1)21-15(23-25-7-17-18-8-25)16(22-14)24-26-9-19-20-10-26/h2*1-14H,(H,27,29)(H,28,30);1-16H,(H,25,27)(H,26,28);2-14H,1H3,(H,26,28)(H,27,29);1-10H,(H,21,23)(H,22,24). The SMILES string of the molecule is Brc1ccc(Nc2nc3cc4ccccc4cc3nc2Nc2ccc(Br)cc2)cc1.Cc1c2ccccc2cc2nc(Nc3cccnc3)c(Nc3cccnc3)nc12.Clc1ccc(Nc2nc3cc4ccccc4cc3nc2Nc2ccc(Cl)cc2)cc1.c1ccc(Nc2nc3cc4ccccc4cc3nc2Nc2ccccc2)cc1.c1ccc2cc3nc(Nn4cnnc4)c(Nn4cnnc4)nc3cc2c1. The molecule has 0 spiro atoms. The molecule has 0 bridgehead atoms. The van der Waals surface area contributed by atoms with E-state index >= 15 is 0 Å². The van der Waals surface area contributed by atoms with Crippen molar-refractivity contribution >= 4 is 268 Å². The zero-order chi connectivity index (χ0) is 96.7. The predicted molar refractivity (Wildman–Crippen MR) is 587 cm³/mol. The molecule has 0 unspecified atom stereocenters. The Labute approximate surface area is 844 Å². The molecular formula is C111H80Br2Cl2N28. The highest BCUT2D eigenvalue weighted by Gasteiger charge is 2.20. The molecule has 10 N–H and O–H groups in total. The summed E-state index contributed by atoms with van der Waals surface area (Å²) in [7, 11) is 0. The Balaban J connectivity index is 0.000000106. The lowest BCUT2D eigenvalue weighted by molar-refractivity contribution is 0.908. The van der Waals surface area contributed by atoms with Crippen molar-refractivity contribution in [2.24, 2.45) is 0 Å². The van der Waals surface area contributed by atoms with Crippen molar-refractivity contribution in [2.75, 3.05) is 53.4 Å². The number of aryl methyl sites for hydroxylation is 1. The van der Waals surface area contributed by atoms with Crippen molar-refractivity contribution in [2.45, 2.75) is 6.92 Å². The minimum absolute atomic E-state index is 0.515. The van der Waals surface area contributed by atoms with Crippen LogP contribution in [0.25, 0.3) is 109 Å². The maximum atomic E-state index is 6.02. The third kappa shape index (κ3) is 22.3. The van der Waals surface area contributed by atoms with Gasteiger partial charge in [-0.1, -0.05) is 213 Å². The molecule has 25 rings (SSSR count). The lowest BCUT2D eigenvalue weighted by Crippen LogP contribution is -2.15. The van der Waals surface area contributed by atoms with Gasteiger partial charge in [-0.3, -0.25) is 20.8 Å². The first-order chi connectivity index (χ1) is 70.2. The lowest BCUT2D eigenvalue weighted by atomic mass is 10.0. The third-order valence-electron chi connectivity index (χ3n) is 22.7. The van der Waals surface area contributed by atoms with Crippen LogP contribution in [-0.4, -0.2) is 89.6 Å². The highest BCUT2D eigenvalue weighted by atomic mass is 79.9. The number of rotatable bonds is 20. The van der Waals surface area contributed by atoms with Crippen LogP contribution in [0.4, 0.5) is 104 Å². The van der Waals surface area contributed by atoms with Crippen LogP contribution in [0.3, 0.4) is 0 Å². The number of aromatic nitrogens is 18. The Morgan fingerprint density at radius 3 is 0.748 bits per heavy atom. The highest BCUT2D eigenvalue weighted by Crippen LogP contribution is 2.39. The average Bonchev–Trinajstić information content (AvgIpc) is 1.23. The number of fused-ring (bicyclic) bond motifs is 10. The first-order valence-electron chi connectivity index (χ1n) is 45.1. The molecule has 28 nitrogen and oxygen atoms in total. The molecule has 16 aromatic carbocycles. The zero-order valence-electron chi connectivity index (χ0n) is 75.7. The monoisotopic (exact) mass is 2030 g/mol. The Kier molecular flexibility index (Phi) is 26.9. The second-order valence-electron chi connectivity index (χ2n) is 32.7. The zero-order valence-corrected chi connectivity index (χ0v) is 80.4. The topological polar surface area (TPSA) is 336 Å². The number of nitrogens with one attached hydrogen (secondary N) is 10. The summed E-state index contributed by atoms with van der Waals surface area (Å²) in [5, 5.41) is 54.8. The fraction of sp³-hybridized carbons (Fsp3) is 0.00901. The minimum atomic E-state index is 0.515. The van der Waals surface area contributed by atoms with Crippen LogP contribution in [0.1, 0.15) is 5.56 Å². The van der Waals surface area contributed by atoms with Gasteiger partial charge in [0.25, 0.3) is 0 Å². The molecule has 0 aliphatic rings. The van der Waals surface area contributed by atoms with E-state index in [9.17, 15) is 0 Å². The van der Waals surface area contributed by atoms with E-state index in [0.717, 1.165) is 164 Å². The Morgan fingerprint density at radius 1 is 0.224 bits per heavy atom. The summed E-state index contributed by atoms with van der Waals surface area (Å²) in [6.45, 7) is 2.08. The van der Waals surface area contributed by atoms with Gasteiger partial charge in [0.2, 0.25) is 0 Å². The van der Waals surface area contributed by atoms with Gasteiger partial charge in [0.05, 0.1) is 78.9 Å². The van der Waals surface area contributed by atoms with Gasteiger partial charge in [0, 0.05) is 65.5 Å². The molecule has 0 aliphatic heterocycles. The van der Waals surface area contributed by atoms with Crippen LogP contribution in [0, 0.1) is 6.92 Å². The maximum absolute atomic E-state index is 6.02. The van der Waals surface area contributed by atoms with Crippen LogP contribution >= 0.6 is 55.1 Å². The van der Waals surface area contributed by atoms with E-state index in [-0.39, 0.29) is 0 Å². The molecule has 0 aliphatic carbocycles. The molecule has 0 radical (unpaired) electrons. The maximum Gasteiger partial charge on any atom is 0.190 e. The van der Waals surface area contributed by atoms with Gasteiger partial charge < -0.3 is 42.5 Å². The quantitative estimate of drug-likeness (QED) is 0.0317. The molecule has 32 heteroatoms. The van der Waals surface area contributed by atoms with E-state index in [0.29, 0.717) is 68.2 Å². The van der Waals surface area contributed by atoms with Gasteiger partial charge in [-0.15, -0.1) is 20.4 Å². The van der Waals surface area contributed by atoms with Crippen molar-refractivity contribution in [3.05, 3.63) is 433 Å². The minimum Gasteiger partial charge on any atom is -0.337 e. The normalized spacial score (nSPS) is 11.0. The highest BCUT2D eigenvalue weighted by molar-refractivity contribution is 9.10. The summed E-state index contributed by atoms with van der Waals surface area (Å²) in [4.78, 5) is 56.9. The Hall–Kier alpha value is -18.4. The third-order valence-corrected chi connectivity index (χ3v) is 24.3. The molecule has 0 fully saturated rings. The van der Waals surface area contributed by atoms with Crippen LogP contribution in [0.2, 0.25) is 10.0 Å². The molecule has 0 saturated heterocycles. The van der Waals surface area contributed by atoms with Crippen molar-refractivity contribution < 1.29 is 0 Å². The number of para-hydroxylation sites is 2. The fourth-order valence-electron chi connectivity index (χ4n) is 15.8. The largest absolute Gasteiger partial charge is 0.337 e. The second kappa shape index (κ2) is 42.3. The number of pyridine rings is 2. The van der Waals surface area contributed by atoms with Gasteiger partial charge in [-0.05, 0) is 267 Å². The molecular weight excluding hydrogens is 1960 g/mol. The predicted octanol–water partition coefficient (Wildman–Crippen LogP) is 28.7. The summed E-state index contributed by atoms with van der Waals surface area (Å²) in [5.74, 6) is 6.26. The van der Waals surface area contributed by atoms with Crippen LogP contribution in [-0.2, 0) is 0 Å². The van der Waals surface area contributed by atoms with Crippen molar-refractivity contribution in [1.29, 1.82) is 0 Å². The number of anilines is 18. The first kappa shape index (κ1) is 91.1. The molecule has 25 aromatic rings. The number of halogens is 4. The van der Waals surface area contributed by atoms with E-state index in [1.54, 1.807) is 34.1 Å². The number of hydrogen-bond donors (Lipinski definition) is 10. The van der Waals surface area contributed by atoms with Crippen molar-refractivity contribution in [3.63, 3.8) is 0 Å². The molecule has 143 heavy (non-hydrogen) atoms. The molecule has 0 amide bonds. The molecule has 9 aromatic heterocycles. The molecule has 692 valence electrons. The summed E-state index contributed by atoms with van der Waals surface area (Å²) in [5.41, 5.74) is 22.8. The summed E-state index contributed by atoms with van der Waals surface area (Å²) in [6, 6.07) is 118. The van der Waals surface area contributed by atoms with Gasteiger partial charge in [0.15, 0.2) is 58.2 Å². The average molecular weight is 2040 g/mol. The summed E-state index contributed by atoms with van der Waals surface area (Å²) < 4.78 is 5.23. The van der Waals surface area contributed by atoms with E-state index in [4.69, 9.17) is 73.0 Å². The first-order valence-corrected chi connectivity index (χ1v) is 47.4. The van der Waals surface area contributed by atoms with Crippen molar-refractivity contribution in [1.82, 2.24) is 89.6 Å². The van der Waals surface area contributed by atoms with E-state index in [1.165, 1.54) is 30.7 Å². The van der Waals surface area contributed by atoms with Crippen LogP contribution < -0.4 is 53.4 Å². The number of hydrogen-bond acceptors (Lipinski definition) is 26. The van der Waals surface area contributed by atoms with Gasteiger partial charge in [-0.2, -0.15) is 0 Å². The smallest absolute Gasteiger partial charge is 0.190 e. The van der Waals surface area contributed by atoms with Gasteiger partial charge in [-0.25, -0.2) is 59.2 Å². The Bertz CT molecular complexity index is 8220. The fourth-order valence-corrected chi connectivity index (χ4v) is 16.6. The molecule has 9 heterocycles.